The number of aliphatic imine (C=N–C) groups is 1. The summed E-state index contributed by atoms with van der Waals surface area (Å²) < 4.78 is 0.968. The molecule has 1 aromatic heterocycles. The summed E-state index contributed by atoms with van der Waals surface area (Å²) in [6.45, 7) is 1.98. The maximum absolute atomic E-state index is 5.39. The zero-order valence-electron chi connectivity index (χ0n) is 10.8. The molecule has 5 heteroatoms. The highest BCUT2D eigenvalue weighted by Crippen LogP contribution is 2.31. The van der Waals surface area contributed by atoms with E-state index in [0.717, 1.165) is 27.1 Å². The molecule has 0 fully saturated rings. The minimum atomic E-state index is -0.0821. The monoisotopic (exact) mass is 345 g/mol. The van der Waals surface area contributed by atoms with Crippen LogP contribution in [0.25, 0.3) is 0 Å². The highest BCUT2D eigenvalue weighted by atomic mass is 79.9. The van der Waals surface area contributed by atoms with Crippen molar-refractivity contribution in [3.05, 3.63) is 58.3 Å². The number of rotatable bonds is 1. The second kappa shape index (κ2) is 5.42. The fraction of sp³-hybridized carbons (Fsp3) is 0.133. The fourth-order valence-electron chi connectivity index (χ4n) is 2.10. The molecule has 0 saturated heterocycles. The molecular weight excluding hydrogens is 334 g/mol. The van der Waals surface area contributed by atoms with Crippen molar-refractivity contribution in [3.63, 3.8) is 0 Å². The molecule has 20 heavy (non-hydrogen) atoms. The lowest BCUT2D eigenvalue weighted by molar-refractivity contribution is 0.989. The third-order valence-electron chi connectivity index (χ3n) is 3.13. The number of hydrogen-bond acceptors (Lipinski definition) is 3. The largest absolute Gasteiger partial charge is 0.347 e. The maximum atomic E-state index is 5.39. The van der Waals surface area contributed by atoms with Gasteiger partial charge in [0.2, 0.25) is 0 Å². The van der Waals surface area contributed by atoms with E-state index < -0.39 is 0 Å². The van der Waals surface area contributed by atoms with Gasteiger partial charge in [0.25, 0.3) is 0 Å². The van der Waals surface area contributed by atoms with Gasteiger partial charge in [-0.3, -0.25) is 9.98 Å². The number of nitrogens with zero attached hydrogens (tertiary/aromatic N) is 2. The van der Waals surface area contributed by atoms with E-state index in [0.29, 0.717) is 4.99 Å². The van der Waals surface area contributed by atoms with Gasteiger partial charge in [0, 0.05) is 16.2 Å². The Morgan fingerprint density at radius 2 is 2.05 bits per heavy atom. The maximum Gasteiger partial charge on any atom is 0.104 e. The molecule has 0 saturated carbocycles. The fourth-order valence-corrected chi connectivity index (χ4v) is 2.73. The standard InChI is InChI=1S/C15H12BrN3S/c1-9-15(20)19-13-10(5-4-6-11(13)16)14(18-9)12-7-2-3-8-17-12/h2-9H,1H3,(H,19,20). The van der Waals surface area contributed by atoms with Gasteiger partial charge in [0.1, 0.15) is 4.99 Å². The molecule has 2 aromatic rings. The Hall–Kier alpha value is -1.59. The first-order valence-corrected chi connectivity index (χ1v) is 7.46. The number of benzene rings is 1. The van der Waals surface area contributed by atoms with Crippen molar-refractivity contribution < 1.29 is 0 Å². The SMILES string of the molecule is CC1N=C(c2ccccn2)c2cccc(Br)c2NC1=S. The van der Waals surface area contributed by atoms with E-state index in [1.165, 1.54) is 0 Å². The molecule has 0 bridgehead atoms. The van der Waals surface area contributed by atoms with Crippen LogP contribution in [-0.2, 0) is 0 Å². The lowest BCUT2D eigenvalue weighted by Gasteiger charge is -2.11. The molecule has 0 spiro atoms. The number of aromatic nitrogens is 1. The van der Waals surface area contributed by atoms with Crippen molar-refractivity contribution in [2.24, 2.45) is 4.99 Å². The van der Waals surface area contributed by atoms with Crippen molar-refractivity contribution in [2.75, 3.05) is 5.32 Å². The Morgan fingerprint density at radius 3 is 2.80 bits per heavy atom. The van der Waals surface area contributed by atoms with Crippen LogP contribution in [-0.4, -0.2) is 21.7 Å². The predicted octanol–water partition coefficient (Wildman–Crippen LogP) is 3.82. The second-order valence-electron chi connectivity index (χ2n) is 4.52. The summed E-state index contributed by atoms with van der Waals surface area (Å²) in [6.07, 6.45) is 1.77. The molecule has 1 aliphatic heterocycles. The van der Waals surface area contributed by atoms with Crippen molar-refractivity contribution >= 4 is 44.5 Å². The van der Waals surface area contributed by atoms with Crippen LogP contribution in [0.15, 0.2) is 52.1 Å². The Kier molecular flexibility index (Phi) is 3.63. The normalized spacial score (nSPS) is 17.8. The Balaban J connectivity index is 2.25. The summed E-state index contributed by atoms with van der Waals surface area (Å²) in [7, 11) is 0. The number of anilines is 1. The molecular formula is C15H12BrN3S. The third kappa shape index (κ3) is 2.39. The van der Waals surface area contributed by atoms with Gasteiger partial charge in [-0.05, 0) is 41.1 Å². The minimum Gasteiger partial charge on any atom is -0.347 e. The number of thiocarbonyl (C=S) groups is 1. The highest BCUT2D eigenvalue weighted by Gasteiger charge is 2.22. The molecule has 1 aliphatic rings. The molecule has 3 rings (SSSR count). The van der Waals surface area contributed by atoms with Gasteiger partial charge in [-0.25, -0.2) is 0 Å². The van der Waals surface area contributed by atoms with E-state index >= 15 is 0 Å². The van der Waals surface area contributed by atoms with Crippen LogP contribution in [0.5, 0.6) is 0 Å². The third-order valence-corrected chi connectivity index (χ3v) is 4.23. The minimum absolute atomic E-state index is 0.0821. The zero-order chi connectivity index (χ0) is 14.1. The molecule has 0 radical (unpaired) electrons. The molecule has 100 valence electrons. The lowest BCUT2D eigenvalue weighted by Crippen LogP contribution is -2.20. The van der Waals surface area contributed by atoms with E-state index in [9.17, 15) is 0 Å². The zero-order valence-corrected chi connectivity index (χ0v) is 13.2. The average Bonchev–Trinajstić information content (AvgIpc) is 2.59. The predicted molar refractivity (Wildman–Crippen MR) is 89.7 cm³/mol. The topological polar surface area (TPSA) is 37.3 Å². The molecule has 1 atom stereocenters. The van der Waals surface area contributed by atoms with E-state index in [2.05, 4.69) is 26.2 Å². The summed E-state index contributed by atoms with van der Waals surface area (Å²) in [5, 5.41) is 3.28. The van der Waals surface area contributed by atoms with Gasteiger partial charge in [-0.2, -0.15) is 0 Å². The number of hydrogen-bond donors (Lipinski definition) is 1. The van der Waals surface area contributed by atoms with Crippen molar-refractivity contribution in [2.45, 2.75) is 13.0 Å². The molecule has 0 amide bonds. The summed E-state index contributed by atoms with van der Waals surface area (Å²) in [6, 6.07) is 11.7. The summed E-state index contributed by atoms with van der Waals surface area (Å²) >= 11 is 8.96. The van der Waals surface area contributed by atoms with E-state index in [4.69, 9.17) is 17.2 Å². The van der Waals surface area contributed by atoms with Crippen molar-refractivity contribution in [1.82, 2.24) is 4.98 Å². The molecule has 1 unspecified atom stereocenters. The quantitative estimate of drug-likeness (QED) is 0.798. The molecule has 1 aromatic carbocycles. The van der Waals surface area contributed by atoms with Gasteiger partial charge >= 0.3 is 0 Å². The number of nitrogens with one attached hydrogen (secondary N) is 1. The number of pyridine rings is 1. The number of para-hydroxylation sites is 1. The van der Waals surface area contributed by atoms with Crippen LogP contribution in [0, 0.1) is 0 Å². The first-order chi connectivity index (χ1) is 9.66. The van der Waals surface area contributed by atoms with Crippen molar-refractivity contribution in [1.29, 1.82) is 0 Å². The van der Waals surface area contributed by atoms with Crippen LogP contribution in [0.4, 0.5) is 5.69 Å². The first kappa shape index (κ1) is 13.4. The summed E-state index contributed by atoms with van der Waals surface area (Å²) in [5.74, 6) is 0. The molecule has 1 N–H and O–H groups in total. The number of benzodiazepines with no additional fused rings is 1. The Labute approximate surface area is 131 Å². The van der Waals surface area contributed by atoms with E-state index in [-0.39, 0.29) is 6.04 Å². The number of fused-ring (bicyclic) bond motifs is 1. The Morgan fingerprint density at radius 1 is 1.20 bits per heavy atom. The van der Waals surface area contributed by atoms with Crippen LogP contribution < -0.4 is 5.32 Å². The highest BCUT2D eigenvalue weighted by molar-refractivity contribution is 9.10. The van der Waals surface area contributed by atoms with Crippen LogP contribution in [0.2, 0.25) is 0 Å². The summed E-state index contributed by atoms with van der Waals surface area (Å²) in [5.41, 5.74) is 3.67. The van der Waals surface area contributed by atoms with Crippen LogP contribution >= 0.6 is 28.1 Å². The van der Waals surface area contributed by atoms with E-state index in [1.54, 1.807) is 6.20 Å². The van der Waals surface area contributed by atoms with Crippen LogP contribution in [0.3, 0.4) is 0 Å². The van der Waals surface area contributed by atoms with E-state index in [1.807, 2.05) is 43.3 Å². The van der Waals surface area contributed by atoms with Gasteiger partial charge < -0.3 is 5.32 Å². The molecule has 0 aliphatic carbocycles. The van der Waals surface area contributed by atoms with Gasteiger partial charge in [-0.1, -0.05) is 30.4 Å². The number of halogens is 1. The molecule has 3 nitrogen and oxygen atoms in total. The van der Waals surface area contributed by atoms with Gasteiger partial charge in [0.05, 0.1) is 23.1 Å². The first-order valence-electron chi connectivity index (χ1n) is 6.26. The van der Waals surface area contributed by atoms with Gasteiger partial charge in [-0.15, -0.1) is 0 Å². The van der Waals surface area contributed by atoms with Crippen molar-refractivity contribution in [3.8, 4) is 0 Å². The smallest absolute Gasteiger partial charge is 0.104 e. The lowest BCUT2D eigenvalue weighted by atomic mass is 10.0. The summed E-state index contributed by atoms with van der Waals surface area (Å²) in [4.78, 5) is 9.87. The van der Waals surface area contributed by atoms with Crippen LogP contribution in [0.1, 0.15) is 18.2 Å². The second-order valence-corrected chi connectivity index (χ2v) is 5.81. The Bertz CT molecular complexity index is 698. The van der Waals surface area contributed by atoms with Gasteiger partial charge in [0.15, 0.2) is 0 Å². The average molecular weight is 346 g/mol. The molecule has 2 heterocycles.